The van der Waals surface area contributed by atoms with E-state index in [1.807, 2.05) is 49.4 Å². The zero-order valence-corrected chi connectivity index (χ0v) is 19.7. The van der Waals surface area contributed by atoms with Crippen molar-refractivity contribution in [2.24, 2.45) is 5.92 Å². The fraction of sp³-hybridized carbons (Fsp3) is 0.200. The van der Waals surface area contributed by atoms with Crippen LogP contribution in [-0.4, -0.2) is 8.42 Å². The summed E-state index contributed by atoms with van der Waals surface area (Å²) in [6, 6.07) is 18.4. The Morgan fingerprint density at radius 2 is 1.81 bits per heavy atom. The Labute approximate surface area is 198 Å². The summed E-state index contributed by atoms with van der Waals surface area (Å²) in [5, 5.41) is 4.67. The van der Waals surface area contributed by atoms with Crippen LogP contribution in [0, 0.1) is 12.8 Å². The van der Waals surface area contributed by atoms with Gasteiger partial charge in [0.25, 0.3) is 10.0 Å². The molecule has 0 saturated heterocycles. The maximum Gasteiger partial charge on any atom is 0.261 e. The highest BCUT2D eigenvalue weighted by Crippen LogP contribution is 2.50. The van der Waals surface area contributed by atoms with Gasteiger partial charge >= 0.3 is 0 Å². The summed E-state index contributed by atoms with van der Waals surface area (Å²) in [5.41, 5.74) is 4.46. The first kappa shape index (κ1) is 21.4. The van der Waals surface area contributed by atoms with Gasteiger partial charge in [-0.25, -0.2) is 8.42 Å². The molecule has 3 atom stereocenters. The Morgan fingerprint density at radius 1 is 1.00 bits per heavy atom. The van der Waals surface area contributed by atoms with Crippen LogP contribution in [0.1, 0.15) is 35.1 Å². The monoisotopic (exact) mass is 484 g/mol. The Bertz CT molecular complexity index is 1340. The number of rotatable bonds is 4. The van der Waals surface area contributed by atoms with Gasteiger partial charge in [0.2, 0.25) is 0 Å². The zero-order chi connectivity index (χ0) is 22.5. The summed E-state index contributed by atoms with van der Waals surface area (Å²) in [5.74, 6) is 0.390. The van der Waals surface area contributed by atoms with Crippen LogP contribution in [0.3, 0.4) is 0 Å². The van der Waals surface area contributed by atoms with Gasteiger partial charge in [-0.1, -0.05) is 59.6 Å². The molecule has 2 aliphatic rings. The van der Waals surface area contributed by atoms with Crippen molar-refractivity contribution in [3.63, 3.8) is 0 Å². The number of benzene rings is 3. The van der Waals surface area contributed by atoms with Crippen LogP contribution in [0.15, 0.2) is 77.7 Å². The maximum absolute atomic E-state index is 13.1. The van der Waals surface area contributed by atoms with E-state index in [-0.39, 0.29) is 22.8 Å². The molecular formula is C25H22Cl2N2O2S. The largest absolute Gasteiger partial charge is 0.378 e. The molecule has 4 nitrogen and oxygen atoms in total. The van der Waals surface area contributed by atoms with E-state index in [1.165, 1.54) is 0 Å². The molecule has 0 radical (unpaired) electrons. The highest BCUT2D eigenvalue weighted by Gasteiger charge is 2.38. The van der Waals surface area contributed by atoms with Gasteiger partial charge in [-0.15, -0.1) is 0 Å². The van der Waals surface area contributed by atoms with Crippen molar-refractivity contribution in [2.45, 2.75) is 30.2 Å². The molecule has 0 amide bonds. The van der Waals surface area contributed by atoms with Crippen LogP contribution in [0.5, 0.6) is 0 Å². The zero-order valence-electron chi connectivity index (χ0n) is 17.3. The summed E-state index contributed by atoms with van der Waals surface area (Å²) in [6.45, 7) is 1.88. The highest BCUT2D eigenvalue weighted by molar-refractivity contribution is 7.92. The number of hydrogen-bond donors (Lipinski definition) is 2. The molecule has 1 aliphatic heterocycles. The van der Waals surface area contributed by atoms with E-state index in [2.05, 4.69) is 22.2 Å². The van der Waals surface area contributed by atoms with E-state index in [1.54, 1.807) is 18.2 Å². The molecule has 3 aromatic carbocycles. The van der Waals surface area contributed by atoms with E-state index in [0.717, 1.165) is 28.8 Å². The number of fused-ring (bicyclic) bond motifs is 3. The Balaban J connectivity index is 1.50. The number of sulfonamides is 1. The van der Waals surface area contributed by atoms with Gasteiger partial charge in [-0.2, -0.15) is 0 Å². The predicted molar refractivity (Wildman–Crippen MR) is 131 cm³/mol. The molecule has 0 bridgehead atoms. The van der Waals surface area contributed by atoms with Gasteiger partial charge in [-0.3, -0.25) is 4.72 Å². The molecule has 7 heteroatoms. The van der Waals surface area contributed by atoms with Gasteiger partial charge in [0.05, 0.1) is 26.7 Å². The quantitative estimate of drug-likeness (QED) is 0.394. The number of anilines is 2. The van der Waals surface area contributed by atoms with Gasteiger partial charge in [-0.05, 0) is 72.4 Å². The van der Waals surface area contributed by atoms with Gasteiger partial charge < -0.3 is 5.32 Å². The fourth-order valence-electron chi connectivity index (χ4n) is 4.67. The Kier molecular flexibility index (Phi) is 5.44. The smallest absolute Gasteiger partial charge is 0.261 e. The minimum Gasteiger partial charge on any atom is -0.378 e. The first-order valence-corrected chi connectivity index (χ1v) is 12.7. The number of aryl methyl sites for hydroxylation is 1. The summed E-state index contributed by atoms with van der Waals surface area (Å²) < 4.78 is 28.9. The van der Waals surface area contributed by atoms with Crippen molar-refractivity contribution in [3.05, 3.63) is 99.6 Å². The molecule has 0 saturated carbocycles. The van der Waals surface area contributed by atoms with Crippen LogP contribution >= 0.6 is 23.2 Å². The van der Waals surface area contributed by atoms with Crippen molar-refractivity contribution < 1.29 is 8.42 Å². The van der Waals surface area contributed by atoms with E-state index >= 15 is 0 Å². The molecule has 3 aromatic rings. The molecule has 0 fully saturated rings. The number of nitrogens with one attached hydrogen (secondary N) is 2. The van der Waals surface area contributed by atoms with Crippen LogP contribution in [-0.2, 0) is 10.0 Å². The SMILES string of the molecule is Cc1ccccc1NS(=O)(=O)c1ccc2c(c1)[C@H]1C=CC[C@H]1[C@@H](c1ccc(Cl)c(Cl)c1)N2. The van der Waals surface area contributed by atoms with Crippen LogP contribution in [0.2, 0.25) is 10.0 Å². The molecule has 0 spiro atoms. The minimum atomic E-state index is -3.71. The standard InChI is InChI=1S/C25H22Cl2N2O2S/c1-15-5-2-3-8-23(15)29-32(30,31)17-10-12-24-20(14-17)18-6-4-7-19(18)25(28-24)16-9-11-21(26)22(27)13-16/h2-6,8-14,18-19,25,28-29H,7H2,1H3/t18-,19+,25+/m0/s1. The summed E-state index contributed by atoms with van der Waals surface area (Å²) >= 11 is 12.4. The van der Waals surface area contributed by atoms with Gasteiger partial charge in [0.15, 0.2) is 0 Å². The lowest BCUT2D eigenvalue weighted by Gasteiger charge is -2.37. The first-order valence-electron chi connectivity index (χ1n) is 10.4. The second-order valence-electron chi connectivity index (χ2n) is 8.32. The average molecular weight is 485 g/mol. The average Bonchev–Trinajstić information content (AvgIpc) is 3.26. The molecule has 2 N–H and O–H groups in total. The third-order valence-corrected chi connectivity index (χ3v) is 8.44. The summed E-state index contributed by atoms with van der Waals surface area (Å²) in [4.78, 5) is 0.258. The van der Waals surface area contributed by atoms with Gasteiger partial charge in [0.1, 0.15) is 0 Å². The number of halogens is 2. The van der Waals surface area contributed by atoms with Crippen molar-refractivity contribution in [1.29, 1.82) is 0 Å². The highest BCUT2D eigenvalue weighted by atomic mass is 35.5. The second kappa shape index (κ2) is 8.14. The molecule has 1 aliphatic carbocycles. The minimum absolute atomic E-state index is 0.0600. The number of para-hydroxylation sites is 1. The van der Waals surface area contributed by atoms with Crippen molar-refractivity contribution in [1.82, 2.24) is 0 Å². The normalized spacial score (nSPS) is 21.5. The molecular weight excluding hydrogens is 463 g/mol. The number of allylic oxidation sites excluding steroid dienone is 2. The van der Waals surface area contributed by atoms with Gasteiger partial charge in [0, 0.05) is 11.6 Å². The molecule has 5 rings (SSSR count). The molecule has 0 aromatic heterocycles. The topological polar surface area (TPSA) is 58.2 Å². The Morgan fingerprint density at radius 3 is 2.59 bits per heavy atom. The fourth-order valence-corrected chi connectivity index (χ4v) is 6.14. The van der Waals surface area contributed by atoms with Crippen LogP contribution in [0.25, 0.3) is 0 Å². The van der Waals surface area contributed by atoms with Crippen LogP contribution < -0.4 is 10.0 Å². The molecule has 164 valence electrons. The van der Waals surface area contributed by atoms with Crippen LogP contribution in [0.4, 0.5) is 11.4 Å². The lowest BCUT2D eigenvalue weighted by molar-refractivity contribution is 0.425. The lowest BCUT2D eigenvalue weighted by atomic mass is 9.77. The maximum atomic E-state index is 13.1. The molecule has 32 heavy (non-hydrogen) atoms. The molecule has 0 unspecified atom stereocenters. The van der Waals surface area contributed by atoms with Crippen molar-refractivity contribution in [3.8, 4) is 0 Å². The van der Waals surface area contributed by atoms with E-state index in [9.17, 15) is 8.42 Å². The lowest BCUT2D eigenvalue weighted by Crippen LogP contribution is -2.29. The predicted octanol–water partition coefficient (Wildman–Crippen LogP) is 6.93. The summed E-state index contributed by atoms with van der Waals surface area (Å²) in [7, 11) is -3.71. The second-order valence-corrected chi connectivity index (χ2v) is 10.8. The first-order chi connectivity index (χ1) is 15.3. The van der Waals surface area contributed by atoms with E-state index in [0.29, 0.717) is 15.7 Å². The van der Waals surface area contributed by atoms with Crippen molar-refractivity contribution in [2.75, 3.05) is 10.0 Å². The molecule has 1 heterocycles. The third kappa shape index (κ3) is 3.79. The Hall–Kier alpha value is -2.47. The summed E-state index contributed by atoms with van der Waals surface area (Å²) in [6.07, 6.45) is 5.25. The third-order valence-electron chi connectivity index (χ3n) is 6.34. The van der Waals surface area contributed by atoms with Crippen molar-refractivity contribution >= 4 is 44.6 Å². The van der Waals surface area contributed by atoms with E-state index < -0.39 is 10.0 Å². The number of hydrogen-bond acceptors (Lipinski definition) is 3. The van der Waals surface area contributed by atoms with E-state index in [4.69, 9.17) is 23.2 Å².